The third-order valence-electron chi connectivity index (χ3n) is 4.59. The fourth-order valence-corrected chi connectivity index (χ4v) is 3.60. The zero-order valence-electron chi connectivity index (χ0n) is 13.7. The van der Waals surface area contributed by atoms with Gasteiger partial charge in [-0.05, 0) is 40.8 Å². The van der Waals surface area contributed by atoms with E-state index in [1.165, 1.54) is 29.8 Å². The number of halogens is 3. The van der Waals surface area contributed by atoms with Gasteiger partial charge in [-0.15, -0.1) is 0 Å². The molecule has 0 radical (unpaired) electrons. The molecule has 3 rings (SSSR count). The summed E-state index contributed by atoms with van der Waals surface area (Å²) in [6.07, 6.45) is 1.15. The maximum absolute atomic E-state index is 14.2. The van der Waals surface area contributed by atoms with Crippen LogP contribution < -0.4 is 10.9 Å². The molecule has 1 aliphatic carbocycles. The lowest BCUT2D eigenvalue weighted by Crippen LogP contribution is -2.44. The number of pyridine rings is 1. The third-order valence-corrected chi connectivity index (χ3v) is 5.33. The Morgan fingerprint density at radius 1 is 1.50 bits per heavy atom. The average molecular weight is 432 g/mol. The van der Waals surface area contributed by atoms with Crippen LogP contribution in [0.4, 0.5) is 20.2 Å². The number of alkyl halides is 2. The van der Waals surface area contributed by atoms with E-state index in [4.69, 9.17) is 5.11 Å². The number of nitro benzene ring substituents is 1. The van der Waals surface area contributed by atoms with Crippen LogP contribution in [0, 0.1) is 16.0 Å². The van der Waals surface area contributed by atoms with E-state index in [2.05, 4.69) is 21.2 Å². The first kappa shape index (κ1) is 18.7. The molecule has 10 heteroatoms. The van der Waals surface area contributed by atoms with Crippen molar-refractivity contribution in [2.75, 3.05) is 11.9 Å². The van der Waals surface area contributed by atoms with Crippen LogP contribution in [-0.4, -0.2) is 33.2 Å². The molecule has 1 fully saturated rings. The molecule has 1 atom stereocenters. The predicted molar refractivity (Wildman–Crippen MR) is 95.7 cm³/mol. The molecule has 1 aromatic carbocycles. The Hall–Kier alpha value is -2.07. The Balaban J connectivity index is 2.21. The minimum atomic E-state index is -3.39. The van der Waals surface area contributed by atoms with Crippen molar-refractivity contribution in [3.05, 3.63) is 43.1 Å². The van der Waals surface area contributed by atoms with E-state index in [1.807, 2.05) is 0 Å². The van der Waals surface area contributed by atoms with Gasteiger partial charge in [-0.25, -0.2) is 8.78 Å². The highest BCUT2D eigenvalue weighted by molar-refractivity contribution is 9.10. The highest BCUT2D eigenvalue weighted by Crippen LogP contribution is 2.43. The predicted octanol–water partition coefficient (Wildman–Crippen LogP) is 3.03. The molecule has 26 heavy (non-hydrogen) atoms. The summed E-state index contributed by atoms with van der Waals surface area (Å²) < 4.78 is 29.7. The van der Waals surface area contributed by atoms with E-state index in [9.17, 15) is 23.7 Å². The number of nitrogens with one attached hydrogen (secondary N) is 1. The molecule has 0 saturated heterocycles. The second-order valence-electron chi connectivity index (χ2n) is 6.39. The fraction of sp³-hybridized carbons (Fsp3) is 0.438. The second kappa shape index (κ2) is 6.58. The summed E-state index contributed by atoms with van der Waals surface area (Å²) in [6.45, 7) is -1.33. The Morgan fingerprint density at radius 3 is 2.69 bits per heavy atom. The van der Waals surface area contributed by atoms with Crippen molar-refractivity contribution in [2.45, 2.75) is 24.8 Å². The van der Waals surface area contributed by atoms with E-state index in [-0.39, 0.29) is 27.2 Å². The number of aromatic nitrogens is 1. The first-order chi connectivity index (χ1) is 12.2. The van der Waals surface area contributed by atoms with Gasteiger partial charge in [0.25, 0.3) is 17.2 Å². The summed E-state index contributed by atoms with van der Waals surface area (Å²) >= 11 is 3.13. The van der Waals surface area contributed by atoms with Gasteiger partial charge in [-0.2, -0.15) is 0 Å². The van der Waals surface area contributed by atoms with Crippen LogP contribution in [0.25, 0.3) is 10.9 Å². The first-order valence-electron chi connectivity index (χ1n) is 7.89. The topological polar surface area (TPSA) is 97.4 Å². The van der Waals surface area contributed by atoms with Crippen LogP contribution in [0.15, 0.2) is 27.5 Å². The van der Waals surface area contributed by atoms with E-state index < -0.39 is 29.1 Å². The Kier molecular flexibility index (Phi) is 4.74. The summed E-state index contributed by atoms with van der Waals surface area (Å²) in [5.41, 5.74) is -0.247. The number of anilines is 1. The summed E-state index contributed by atoms with van der Waals surface area (Å²) in [4.78, 5) is 22.9. The number of non-ortho nitro benzene ring substituents is 1. The number of hydrogen-bond donors (Lipinski definition) is 2. The maximum atomic E-state index is 14.2. The molecule has 1 aliphatic rings. The molecule has 0 bridgehead atoms. The van der Waals surface area contributed by atoms with Crippen LogP contribution in [0.3, 0.4) is 0 Å². The summed E-state index contributed by atoms with van der Waals surface area (Å²) in [7, 11) is 1.49. The lowest BCUT2D eigenvalue weighted by Gasteiger charge is -2.28. The standard InChI is InChI=1S/C16H16BrF2N3O4/c1-21-11-5-4-9(22(25)26)6-10(11)13(12(17)15(21)24)20-14(8-2-3-8)16(18,19)7-23/h4-6,8,14,20,23H,2-3,7H2,1H3/t14-/m0/s1. The highest BCUT2D eigenvalue weighted by atomic mass is 79.9. The largest absolute Gasteiger partial charge is 0.390 e. The van der Waals surface area contributed by atoms with E-state index in [0.29, 0.717) is 18.4 Å². The molecule has 2 N–H and O–H groups in total. The van der Waals surface area contributed by atoms with E-state index in [1.54, 1.807) is 0 Å². The monoisotopic (exact) mass is 431 g/mol. The number of hydrogen-bond acceptors (Lipinski definition) is 5. The number of nitrogens with zero attached hydrogens (tertiary/aromatic N) is 2. The highest BCUT2D eigenvalue weighted by Gasteiger charge is 2.48. The molecule has 0 spiro atoms. The van der Waals surface area contributed by atoms with Crippen molar-refractivity contribution >= 4 is 38.2 Å². The molecule has 2 aromatic rings. The van der Waals surface area contributed by atoms with Crippen LogP contribution in [0.5, 0.6) is 0 Å². The van der Waals surface area contributed by atoms with Gasteiger partial charge < -0.3 is 15.0 Å². The van der Waals surface area contributed by atoms with Gasteiger partial charge in [0.15, 0.2) is 0 Å². The van der Waals surface area contributed by atoms with Gasteiger partial charge in [-0.1, -0.05) is 0 Å². The van der Waals surface area contributed by atoms with Crippen LogP contribution in [0.1, 0.15) is 12.8 Å². The van der Waals surface area contributed by atoms with Gasteiger partial charge in [0.1, 0.15) is 11.1 Å². The Morgan fingerprint density at radius 2 is 2.15 bits per heavy atom. The smallest absolute Gasteiger partial charge is 0.290 e. The summed E-state index contributed by atoms with van der Waals surface area (Å²) in [5.74, 6) is -3.74. The Bertz CT molecular complexity index is 943. The number of aliphatic hydroxyl groups is 1. The quantitative estimate of drug-likeness (QED) is 0.541. The number of rotatable bonds is 6. The fourth-order valence-electron chi connectivity index (χ4n) is 3.00. The van der Waals surface area contributed by atoms with Crippen molar-refractivity contribution in [3.63, 3.8) is 0 Å². The SMILES string of the molecule is Cn1c(=O)c(Br)c(N[C@@H](C2CC2)C(F)(F)CO)c2cc([N+](=O)[O-])ccc21. The summed E-state index contributed by atoms with van der Waals surface area (Å²) in [6, 6.07) is 2.52. The van der Waals surface area contributed by atoms with Crippen molar-refractivity contribution in [2.24, 2.45) is 13.0 Å². The van der Waals surface area contributed by atoms with Gasteiger partial charge >= 0.3 is 0 Å². The van der Waals surface area contributed by atoms with E-state index >= 15 is 0 Å². The number of nitro groups is 1. The van der Waals surface area contributed by atoms with Gasteiger partial charge in [-0.3, -0.25) is 14.9 Å². The molecule has 0 unspecified atom stereocenters. The molecule has 1 heterocycles. The van der Waals surface area contributed by atoms with Crippen molar-refractivity contribution in [1.82, 2.24) is 4.57 Å². The van der Waals surface area contributed by atoms with Crippen molar-refractivity contribution in [3.8, 4) is 0 Å². The molecular formula is C16H16BrF2N3O4. The van der Waals surface area contributed by atoms with Gasteiger partial charge in [0.05, 0.1) is 22.2 Å². The normalized spacial score (nSPS) is 15.9. The van der Waals surface area contributed by atoms with Crippen molar-refractivity contribution in [1.29, 1.82) is 0 Å². The number of aliphatic hydroxyl groups excluding tert-OH is 1. The molecule has 7 nitrogen and oxygen atoms in total. The van der Waals surface area contributed by atoms with E-state index in [0.717, 1.165) is 0 Å². The zero-order chi connectivity index (χ0) is 19.2. The molecular weight excluding hydrogens is 416 g/mol. The average Bonchev–Trinajstić information content (AvgIpc) is 3.44. The third kappa shape index (κ3) is 3.18. The van der Waals surface area contributed by atoms with Crippen LogP contribution in [-0.2, 0) is 7.05 Å². The zero-order valence-corrected chi connectivity index (χ0v) is 15.3. The maximum Gasteiger partial charge on any atom is 0.290 e. The molecule has 1 saturated carbocycles. The second-order valence-corrected chi connectivity index (χ2v) is 7.18. The molecule has 140 valence electrons. The minimum absolute atomic E-state index is 0.00684. The van der Waals surface area contributed by atoms with Crippen LogP contribution >= 0.6 is 15.9 Å². The first-order valence-corrected chi connectivity index (χ1v) is 8.68. The lowest BCUT2D eigenvalue weighted by molar-refractivity contribution is -0.384. The number of benzene rings is 1. The summed E-state index contributed by atoms with van der Waals surface area (Å²) in [5, 5.41) is 23.1. The Labute approximate surface area is 154 Å². The minimum Gasteiger partial charge on any atom is -0.390 e. The number of aryl methyl sites for hydroxylation is 1. The van der Waals surface area contributed by atoms with Crippen LogP contribution in [0.2, 0.25) is 0 Å². The van der Waals surface area contributed by atoms with Gasteiger partial charge in [0, 0.05) is 24.6 Å². The molecule has 0 amide bonds. The molecule has 1 aromatic heterocycles. The van der Waals surface area contributed by atoms with Crippen molar-refractivity contribution < 1.29 is 18.8 Å². The lowest BCUT2D eigenvalue weighted by atomic mass is 10.0. The number of fused-ring (bicyclic) bond motifs is 1. The van der Waals surface area contributed by atoms with Gasteiger partial charge in [0.2, 0.25) is 0 Å². The molecule has 0 aliphatic heterocycles.